The van der Waals surface area contributed by atoms with Gasteiger partial charge in [-0.25, -0.2) is 9.97 Å². The summed E-state index contributed by atoms with van der Waals surface area (Å²) in [5.74, 6) is 0.820. The fourth-order valence-corrected chi connectivity index (χ4v) is 3.90. The van der Waals surface area contributed by atoms with Crippen LogP contribution in [-0.2, 0) is 0 Å². The molecule has 5 heteroatoms. The highest BCUT2D eigenvalue weighted by Crippen LogP contribution is 2.41. The van der Waals surface area contributed by atoms with Crippen LogP contribution in [0, 0.1) is 6.92 Å². The van der Waals surface area contributed by atoms with Crippen molar-refractivity contribution in [3.63, 3.8) is 0 Å². The number of halogens is 1. The van der Waals surface area contributed by atoms with Crippen LogP contribution in [0.1, 0.15) is 4.88 Å². The molecule has 2 aromatic heterocycles. The Morgan fingerprint density at radius 1 is 0.958 bits per heavy atom. The van der Waals surface area contributed by atoms with E-state index >= 15 is 0 Å². The van der Waals surface area contributed by atoms with E-state index in [0.29, 0.717) is 0 Å². The second-order valence-corrected chi connectivity index (χ2v) is 7.07. The van der Waals surface area contributed by atoms with Crippen molar-refractivity contribution in [2.24, 2.45) is 0 Å². The Labute approximate surface area is 149 Å². The maximum Gasteiger partial charge on any atom is 0.143 e. The summed E-state index contributed by atoms with van der Waals surface area (Å²) in [5, 5.41) is 5.19. The van der Waals surface area contributed by atoms with Crippen LogP contribution < -0.4 is 5.32 Å². The number of hydrogen-bond acceptors (Lipinski definition) is 4. The van der Waals surface area contributed by atoms with Crippen LogP contribution in [0.15, 0.2) is 60.9 Å². The second kappa shape index (κ2) is 6.23. The van der Waals surface area contributed by atoms with Gasteiger partial charge in [0.1, 0.15) is 17.0 Å². The van der Waals surface area contributed by atoms with Gasteiger partial charge in [0.2, 0.25) is 0 Å². The third-order valence-electron chi connectivity index (χ3n) is 3.83. The minimum Gasteiger partial charge on any atom is -0.340 e. The number of hydrogen-bond donors (Lipinski definition) is 1. The van der Waals surface area contributed by atoms with Crippen LogP contribution in [-0.4, -0.2) is 9.97 Å². The molecule has 0 aliphatic rings. The van der Waals surface area contributed by atoms with Crippen molar-refractivity contribution in [3.05, 3.63) is 70.8 Å². The fraction of sp³-hybridized carbons (Fsp3) is 0.0526. The van der Waals surface area contributed by atoms with E-state index in [-0.39, 0.29) is 0 Å². The topological polar surface area (TPSA) is 37.8 Å². The monoisotopic (exact) mass is 351 g/mol. The lowest BCUT2D eigenvalue weighted by molar-refractivity contribution is 1.23. The molecule has 0 fully saturated rings. The highest BCUT2D eigenvalue weighted by Gasteiger charge is 2.16. The van der Waals surface area contributed by atoms with Gasteiger partial charge in [-0.3, -0.25) is 0 Å². The molecule has 4 rings (SSSR count). The van der Waals surface area contributed by atoms with Crippen LogP contribution >= 0.6 is 22.9 Å². The Morgan fingerprint density at radius 3 is 2.46 bits per heavy atom. The number of nitrogens with zero attached hydrogens (tertiary/aromatic N) is 2. The molecule has 0 aliphatic heterocycles. The molecule has 0 aliphatic carbocycles. The number of benzene rings is 2. The van der Waals surface area contributed by atoms with E-state index in [9.17, 15) is 0 Å². The lowest BCUT2D eigenvalue weighted by Crippen LogP contribution is -1.95. The molecule has 0 amide bonds. The first-order valence-electron chi connectivity index (χ1n) is 7.54. The third kappa shape index (κ3) is 2.75. The van der Waals surface area contributed by atoms with Gasteiger partial charge < -0.3 is 5.32 Å². The smallest absolute Gasteiger partial charge is 0.143 e. The largest absolute Gasteiger partial charge is 0.340 e. The van der Waals surface area contributed by atoms with Gasteiger partial charge in [0, 0.05) is 21.2 Å². The SMILES string of the molecule is Cc1sc2ncnc(Nc3ccccc3)c2c1-c1ccc(Cl)cc1. The zero-order valence-corrected chi connectivity index (χ0v) is 14.5. The van der Waals surface area contributed by atoms with Crippen molar-refractivity contribution in [1.29, 1.82) is 0 Å². The first-order chi connectivity index (χ1) is 11.7. The maximum absolute atomic E-state index is 6.04. The van der Waals surface area contributed by atoms with Gasteiger partial charge >= 0.3 is 0 Å². The molecule has 0 bridgehead atoms. The Bertz CT molecular complexity index is 994. The van der Waals surface area contributed by atoms with Crippen LogP contribution in [0.2, 0.25) is 5.02 Å². The Morgan fingerprint density at radius 2 is 1.71 bits per heavy atom. The van der Waals surface area contributed by atoms with Crippen molar-refractivity contribution in [2.75, 3.05) is 5.32 Å². The van der Waals surface area contributed by atoms with Crippen LogP contribution in [0.3, 0.4) is 0 Å². The van der Waals surface area contributed by atoms with Crippen molar-refractivity contribution in [3.8, 4) is 11.1 Å². The predicted molar refractivity (Wildman–Crippen MR) is 102 cm³/mol. The zero-order chi connectivity index (χ0) is 16.5. The van der Waals surface area contributed by atoms with Crippen molar-refractivity contribution < 1.29 is 0 Å². The summed E-state index contributed by atoms with van der Waals surface area (Å²) in [4.78, 5) is 11.1. The molecule has 0 saturated heterocycles. The minimum absolute atomic E-state index is 0.731. The summed E-state index contributed by atoms with van der Waals surface area (Å²) in [5.41, 5.74) is 3.28. The van der Waals surface area contributed by atoms with E-state index in [4.69, 9.17) is 11.6 Å². The fourth-order valence-electron chi connectivity index (χ4n) is 2.76. The summed E-state index contributed by atoms with van der Waals surface area (Å²) in [6.07, 6.45) is 1.61. The lowest BCUT2D eigenvalue weighted by Gasteiger charge is -2.09. The molecule has 3 nitrogen and oxygen atoms in total. The number of para-hydroxylation sites is 1. The van der Waals surface area contributed by atoms with Gasteiger partial charge in [-0.15, -0.1) is 11.3 Å². The molecule has 0 unspecified atom stereocenters. The predicted octanol–water partition coefficient (Wildman–Crippen LogP) is 6.06. The number of anilines is 2. The van der Waals surface area contributed by atoms with Crippen molar-refractivity contribution in [1.82, 2.24) is 9.97 Å². The third-order valence-corrected chi connectivity index (χ3v) is 5.10. The van der Waals surface area contributed by atoms with Crippen LogP contribution in [0.25, 0.3) is 21.3 Å². The molecule has 0 spiro atoms. The average Bonchev–Trinajstić information content (AvgIpc) is 2.94. The molecule has 0 saturated carbocycles. The number of nitrogens with one attached hydrogen (secondary N) is 1. The van der Waals surface area contributed by atoms with E-state index < -0.39 is 0 Å². The molecule has 2 aromatic carbocycles. The normalized spacial score (nSPS) is 10.9. The van der Waals surface area contributed by atoms with Crippen LogP contribution in [0.4, 0.5) is 11.5 Å². The average molecular weight is 352 g/mol. The minimum atomic E-state index is 0.731. The van der Waals surface area contributed by atoms with Gasteiger partial charge in [0.25, 0.3) is 0 Å². The molecule has 0 radical (unpaired) electrons. The Kier molecular flexibility index (Phi) is 3.92. The van der Waals surface area contributed by atoms with Crippen molar-refractivity contribution in [2.45, 2.75) is 6.92 Å². The van der Waals surface area contributed by atoms with E-state index in [0.717, 1.165) is 37.9 Å². The number of aryl methyl sites for hydroxylation is 1. The molecule has 2 heterocycles. The lowest BCUT2D eigenvalue weighted by atomic mass is 10.0. The summed E-state index contributed by atoms with van der Waals surface area (Å²) < 4.78 is 0. The zero-order valence-electron chi connectivity index (χ0n) is 13.0. The summed E-state index contributed by atoms with van der Waals surface area (Å²) >= 11 is 7.71. The molecule has 4 aromatic rings. The summed E-state index contributed by atoms with van der Waals surface area (Å²) in [7, 11) is 0. The summed E-state index contributed by atoms with van der Waals surface area (Å²) in [6, 6.07) is 17.9. The van der Waals surface area contributed by atoms with Gasteiger partial charge in [-0.1, -0.05) is 41.9 Å². The van der Waals surface area contributed by atoms with E-state index in [1.54, 1.807) is 17.7 Å². The van der Waals surface area contributed by atoms with Crippen molar-refractivity contribution >= 4 is 44.7 Å². The first kappa shape index (κ1) is 15.1. The van der Waals surface area contributed by atoms with E-state index in [1.807, 2.05) is 54.6 Å². The van der Waals surface area contributed by atoms with Crippen LogP contribution in [0.5, 0.6) is 0 Å². The molecular weight excluding hydrogens is 338 g/mol. The van der Waals surface area contributed by atoms with Gasteiger partial charge in [-0.2, -0.15) is 0 Å². The number of fused-ring (bicyclic) bond motifs is 1. The number of aromatic nitrogens is 2. The Hall–Kier alpha value is -2.43. The molecule has 24 heavy (non-hydrogen) atoms. The molecule has 1 N–H and O–H groups in total. The highest BCUT2D eigenvalue weighted by atomic mass is 35.5. The molecule has 0 atom stereocenters. The van der Waals surface area contributed by atoms with E-state index in [1.165, 1.54) is 4.88 Å². The quantitative estimate of drug-likeness (QED) is 0.487. The molecule has 118 valence electrons. The number of rotatable bonds is 3. The Balaban J connectivity index is 1.91. The summed E-state index contributed by atoms with van der Waals surface area (Å²) in [6.45, 7) is 2.11. The van der Waals surface area contributed by atoms with Gasteiger partial charge in [0.15, 0.2) is 0 Å². The maximum atomic E-state index is 6.04. The second-order valence-electron chi connectivity index (χ2n) is 5.43. The van der Waals surface area contributed by atoms with Gasteiger partial charge in [-0.05, 0) is 36.8 Å². The molecular formula is C19H14ClN3S. The highest BCUT2D eigenvalue weighted by molar-refractivity contribution is 7.19. The van der Waals surface area contributed by atoms with E-state index in [2.05, 4.69) is 22.2 Å². The standard InChI is InChI=1S/C19H14ClN3S/c1-12-16(13-7-9-14(20)10-8-13)17-18(21-11-22-19(17)24-12)23-15-5-3-2-4-6-15/h2-11H,1H3,(H,21,22,23). The first-order valence-corrected chi connectivity index (χ1v) is 8.74. The van der Waals surface area contributed by atoms with Gasteiger partial charge in [0.05, 0.1) is 5.39 Å². The number of thiophene rings is 1.